The lowest BCUT2D eigenvalue weighted by Crippen LogP contribution is -2.60. The number of nitrogens with zero attached hydrogens (tertiary/aromatic N) is 5. The van der Waals surface area contributed by atoms with Crippen LogP contribution in [0.5, 0.6) is 0 Å². The number of ether oxygens (including phenoxy) is 2. The Labute approximate surface area is 767 Å². The van der Waals surface area contributed by atoms with Crippen molar-refractivity contribution in [3.8, 4) is 0 Å². The van der Waals surface area contributed by atoms with Gasteiger partial charge in [-0.15, -0.1) is 10.2 Å². The van der Waals surface area contributed by atoms with E-state index in [1.807, 2.05) is 18.2 Å². The normalized spacial score (nSPS) is 17.6. The van der Waals surface area contributed by atoms with Gasteiger partial charge in [0, 0.05) is 88.2 Å². The van der Waals surface area contributed by atoms with Crippen LogP contribution in [-0.4, -0.2) is 252 Å². The van der Waals surface area contributed by atoms with E-state index in [1.165, 1.54) is 45.4 Å². The fraction of sp³-hybridized carbons (Fsp3) is 0.652. The number of para-hydroxylation sites is 1. The summed E-state index contributed by atoms with van der Waals surface area (Å²) in [4.78, 5) is 208. The number of nitrogens with two attached hydrogens (primary N) is 5. The van der Waals surface area contributed by atoms with Crippen LogP contribution >= 0.6 is 0 Å². The Morgan fingerprint density at radius 1 is 0.580 bits per heavy atom. The fourth-order valence-electron chi connectivity index (χ4n) is 14.9. The van der Waals surface area contributed by atoms with Gasteiger partial charge in [0.15, 0.2) is 39.1 Å². The van der Waals surface area contributed by atoms with Crippen molar-refractivity contribution in [3.63, 3.8) is 0 Å². The largest absolute Gasteiger partial charge is 0.394 e. The van der Waals surface area contributed by atoms with Crippen molar-refractivity contribution >= 4 is 115 Å². The molecule has 0 bridgehead atoms. The first-order valence-corrected chi connectivity index (χ1v) is 47.5. The predicted molar refractivity (Wildman–Crippen MR) is 494 cm³/mol. The topological polar surface area (TPSA) is 657 Å². The van der Waals surface area contributed by atoms with Gasteiger partial charge in [-0.3, -0.25) is 72.3 Å². The summed E-state index contributed by atoms with van der Waals surface area (Å²) in [5, 5.41) is 51.9. The summed E-state index contributed by atoms with van der Waals surface area (Å²) in [6, 6.07) is 2.92. The number of hydrogen-bond acceptors (Lipinski definition) is 24. The van der Waals surface area contributed by atoms with Gasteiger partial charge < -0.3 is 101 Å². The molecule has 23 N–H and O–H groups in total. The number of rotatable bonds is 58. The number of aromatic amines is 2. The fourth-order valence-corrected chi connectivity index (χ4v) is 16.2. The van der Waals surface area contributed by atoms with E-state index in [1.54, 1.807) is 49.5 Å². The molecule has 3 heterocycles. The van der Waals surface area contributed by atoms with Gasteiger partial charge in [0.1, 0.15) is 60.2 Å². The number of H-pyrrole nitrogens is 2. The third-order valence-electron chi connectivity index (χ3n) is 22.0. The number of carbonyl (C=O) groups excluding carboxylic acids is 14. The average molecular weight is 1860 g/mol. The highest BCUT2D eigenvalue weighted by atomic mass is 32.2. The van der Waals surface area contributed by atoms with Gasteiger partial charge in [-0.05, 0) is 108 Å². The summed E-state index contributed by atoms with van der Waals surface area (Å²) in [7, 11) is -3.70. The number of Topliss-reactive ketones (excluding diaryl/α,β-unsaturated/α-hetero) is 4. The van der Waals surface area contributed by atoms with Crippen LogP contribution in [0, 0.1) is 5.92 Å². The lowest BCUT2D eigenvalue weighted by Gasteiger charge is -2.28. The van der Waals surface area contributed by atoms with Crippen molar-refractivity contribution in [2.24, 2.45) is 44.6 Å². The number of aromatic nitrogens is 5. The molecular weight excluding hydrogens is 1710 g/mol. The van der Waals surface area contributed by atoms with E-state index in [2.05, 4.69) is 88.8 Å². The highest BCUT2D eigenvalue weighted by Gasteiger charge is 2.39. The molecule has 1 aliphatic rings. The molecule has 11 amide bonds. The van der Waals surface area contributed by atoms with E-state index >= 15 is 14.4 Å². The zero-order chi connectivity index (χ0) is 94.9. The van der Waals surface area contributed by atoms with E-state index in [4.69, 9.17) is 38.1 Å². The van der Waals surface area contributed by atoms with Crippen LogP contribution in [0.3, 0.4) is 0 Å². The third-order valence-corrected chi connectivity index (χ3v) is 23.7. The standard InChI is InChI=1S/C88H140N22O19S.CH4/c1-3-4-36-70(103-85(124)74(56-111)106-80(119)69(39-27-45-95-86(89)90)99-77(116)57-129-51-50-128-49-48-94-76(115)42-29-52-130(126,127)58-63(114)33-20-14-12-10-8-6-5-7-9-11-13-15-23-41-75-107-109-110-108-75)81(120)101-68-44-43-62(113)32-21-17-22-37-66(59(2)112)100-84(123)73(54-61-55-98-67-38-25-24-34-64(61)67)105-82(121)71(40-28-46-96-87(91)92)102-83(122)72(53-60-30-18-16-19-31-60)104-79(118)65(78(68)117)35-26-47-97-88(93)125;/h16,18-19,24-25,30-31,34,38,55,65-66,68-74,98,111H,3-15,17,20-23,26-29,32-33,35-37,39-54,56-58H2,1-2H3,(H,94,115)(H,99,116)(H,100,123)(H,101,120)(H,102,122)(H,103,124)(H,104,118)(H,105,121)(H,106,119)(H4,89,90,95)(H4,91,92,96)(H3,93,97,125)(H,107,108,109,110);1H4/t65-,66+,68+,69+,70+,71+,72-,73+,74+;/m1./s1. The second-order valence-electron chi connectivity index (χ2n) is 32.9. The van der Waals surface area contributed by atoms with Gasteiger partial charge in [0.25, 0.3) is 0 Å². The number of aryl methyl sites for hydroxylation is 1. The maximum Gasteiger partial charge on any atom is 0.312 e. The summed E-state index contributed by atoms with van der Waals surface area (Å²) in [5.41, 5.74) is 29.7. The lowest BCUT2D eigenvalue weighted by molar-refractivity contribution is -0.140. The van der Waals surface area contributed by atoms with E-state index < -0.39 is 160 Å². The van der Waals surface area contributed by atoms with Gasteiger partial charge in [0.05, 0.1) is 50.2 Å². The maximum absolute atomic E-state index is 15.5. The number of unbranched alkanes of at least 4 members (excludes halogenated alkanes) is 13. The predicted octanol–water partition coefficient (Wildman–Crippen LogP) is 2.42. The van der Waals surface area contributed by atoms with Crippen molar-refractivity contribution < 1.29 is 90.1 Å². The van der Waals surface area contributed by atoms with E-state index in [0.29, 0.717) is 36.8 Å². The first-order valence-electron chi connectivity index (χ1n) is 45.6. The minimum atomic E-state index is -3.70. The molecule has 0 aliphatic carbocycles. The van der Waals surface area contributed by atoms with Crippen LogP contribution in [0.15, 0.2) is 70.8 Å². The van der Waals surface area contributed by atoms with Crippen molar-refractivity contribution in [2.75, 3.05) is 70.7 Å². The number of urea groups is 1. The summed E-state index contributed by atoms with van der Waals surface area (Å²) in [6.45, 7) is 1.22. The lowest BCUT2D eigenvalue weighted by atomic mass is 9.88. The molecule has 1 fully saturated rings. The van der Waals surface area contributed by atoms with Crippen molar-refractivity contribution in [1.29, 1.82) is 0 Å². The summed E-state index contributed by atoms with van der Waals surface area (Å²) in [5.74, 6) is -12.3. The molecule has 730 valence electrons. The average Bonchev–Trinajstić information content (AvgIpc) is 1.68. The van der Waals surface area contributed by atoms with Crippen LogP contribution in [-0.2, 0) is 101 Å². The minimum Gasteiger partial charge on any atom is -0.394 e. The van der Waals surface area contributed by atoms with Crippen LogP contribution in [0.2, 0.25) is 0 Å². The molecule has 41 nitrogen and oxygen atoms in total. The highest BCUT2D eigenvalue weighted by Crippen LogP contribution is 2.23. The second kappa shape index (κ2) is 64.4. The number of tetrazole rings is 1. The molecule has 0 saturated carbocycles. The van der Waals surface area contributed by atoms with Crippen LogP contribution in [0.25, 0.3) is 10.9 Å². The minimum absolute atomic E-state index is 0. The highest BCUT2D eigenvalue weighted by molar-refractivity contribution is 7.92. The number of guanidine groups is 2. The molecule has 1 saturated heterocycles. The number of aliphatic hydroxyl groups excluding tert-OH is 1. The maximum atomic E-state index is 15.5. The van der Waals surface area contributed by atoms with E-state index in [9.17, 15) is 66.3 Å². The number of amides is 11. The first kappa shape index (κ1) is 112. The quantitative estimate of drug-likeness (QED) is 0.0131. The van der Waals surface area contributed by atoms with Crippen LogP contribution in [0.4, 0.5) is 4.79 Å². The van der Waals surface area contributed by atoms with Crippen LogP contribution < -0.4 is 81.8 Å². The number of benzene rings is 2. The van der Waals surface area contributed by atoms with Gasteiger partial charge >= 0.3 is 6.03 Å². The molecule has 0 spiro atoms. The number of aliphatic hydroxyl groups is 1. The summed E-state index contributed by atoms with van der Waals surface area (Å²) >= 11 is 0. The molecule has 42 heteroatoms. The number of sulfone groups is 1. The Kier molecular flexibility index (Phi) is 55.0. The number of primary amides is 1. The SMILES string of the molecule is C.CCCC[C@H](NC(=O)[C@H](CO)NC(=O)[C@H](CCCN=C(N)N)NC(=O)COCCOCCNC(=O)CCCS(=O)(=O)CC(=O)CCCCCCCCCCCCCCCc1nn[nH]n1)C(=O)N[C@H]1CCC(=O)CCCCC[C@@H](C(C)=O)NC(=O)[C@H](Cc2c[nH]c3ccccc23)NC(=O)[C@H](CCCN=C(N)N)NC(=O)[C@@H](Cc2ccccc2)NC(=O)[C@H](CCCNC(N)=O)C1=O. The number of hydrogen-bond donors (Lipinski definition) is 18. The molecular formula is C89H144N22O19S. The summed E-state index contributed by atoms with van der Waals surface area (Å²) < 4.78 is 36.4. The van der Waals surface area contributed by atoms with Crippen molar-refractivity contribution in [1.82, 2.24) is 78.8 Å². The van der Waals surface area contributed by atoms with Crippen molar-refractivity contribution in [2.45, 2.75) is 294 Å². The number of ketones is 4. The molecule has 131 heavy (non-hydrogen) atoms. The van der Waals surface area contributed by atoms with Crippen LogP contribution in [0.1, 0.15) is 244 Å². The molecule has 2 aromatic carbocycles. The Morgan fingerprint density at radius 2 is 1.18 bits per heavy atom. The third kappa shape index (κ3) is 47.3. The second-order valence-corrected chi connectivity index (χ2v) is 35.1. The number of carbonyl (C=O) groups is 14. The zero-order valence-corrected chi connectivity index (χ0v) is 76.1. The molecule has 9 atom stereocenters. The molecule has 5 rings (SSSR count). The zero-order valence-electron chi connectivity index (χ0n) is 75.3. The Hall–Kier alpha value is -11.4. The molecule has 0 radical (unpaired) electrons. The van der Waals surface area contributed by atoms with E-state index in [0.717, 1.165) is 61.7 Å². The van der Waals surface area contributed by atoms with Gasteiger partial charge in [0.2, 0.25) is 53.2 Å². The molecule has 1 aliphatic heterocycles. The van der Waals surface area contributed by atoms with Crippen molar-refractivity contribution in [3.05, 3.63) is 77.7 Å². The number of aliphatic imine (C=N–C) groups is 2. The Balaban J connectivity index is 0.0000359. The Morgan fingerprint density at radius 3 is 1.85 bits per heavy atom. The van der Waals surface area contributed by atoms with Gasteiger partial charge in [-0.2, -0.15) is 5.21 Å². The number of nitrogens with one attached hydrogen (secondary N) is 12. The monoisotopic (exact) mass is 1860 g/mol. The van der Waals surface area contributed by atoms with E-state index in [-0.39, 0.29) is 192 Å². The Bertz CT molecular complexity index is 4360. The smallest absolute Gasteiger partial charge is 0.312 e. The summed E-state index contributed by atoms with van der Waals surface area (Å²) in [6.07, 6.45) is 16.9. The molecule has 0 unspecified atom stereocenters. The van der Waals surface area contributed by atoms with Gasteiger partial charge in [-0.1, -0.05) is 164 Å². The first-order chi connectivity index (χ1) is 62.4. The number of fused-ring (bicyclic) bond motifs is 1. The molecule has 4 aromatic rings. The molecule has 2 aromatic heterocycles. The van der Waals surface area contributed by atoms with Gasteiger partial charge in [-0.25, -0.2) is 13.2 Å².